The zero-order chi connectivity index (χ0) is 17.4. The van der Waals surface area contributed by atoms with Gasteiger partial charge in [-0.2, -0.15) is 5.10 Å². The summed E-state index contributed by atoms with van der Waals surface area (Å²) in [7, 11) is 1.77. The van der Waals surface area contributed by atoms with Gasteiger partial charge in [0.2, 0.25) is 0 Å². The van der Waals surface area contributed by atoms with Crippen molar-refractivity contribution in [1.82, 2.24) is 20.4 Å². The van der Waals surface area contributed by atoms with Gasteiger partial charge in [-0.15, -0.1) is 0 Å². The number of ether oxygens (including phenoxy) is 1. The van der Waals surface area contributed by atoms with Gasteiger partial charge in [0.1, 0.15) is 0 Å². The van der Waals surface area contributed by atoms with Crippen LogP contribution in [0.3, 0.4) is 0 Å². The highest BCUT2D eigenvalue weighted by molar-refractivity contribution is 5.79. The quantitative estimate of drug-likeness (QED) is 0.464. The average molecular weight is 329 g/mol. The topological polar surface area (TPSA) is 63.5 Å². The number of nitrogens with zero attached hydrogens (tertiary/aromatic N) is 3. The summed E-state index contributed by atoms with van der Waals surface area (Å²) < 4.78 is 7.31. The van der Waals surface area contributed by atoms with E-state index >= 15 is 0 Å². The number of aliphatic imine (C=N–C) groups is 1. The van der Waals surface area contributed by atoms with Crippen molar-refractivity contribution in [2.24, 2.45) is 4.99 Å². The molecule has 1 aromatic heterocycles. The number of guanidine groups is 1. The maximum Gasteiger partial charge on any atom is 0.191 e. The van der Waals surface area contributed by atoms with E-state index in [4.69, 9.17) is 4.74 Å². The smallest absolute Gasteiger partial charge is 0.191 e. The van der Waals surface area contributed by atoms with E-state index < -0.39 is 0 Å². The second-order valence-electron chi connectivity index (χ2n) is 5.45. The molecule has 6 heteroatoms. The van der Waals surface area contributed by atoms with E-state index in [1.165, 1.54) is 5.56 Å². The fourth-order valence-electron chi connectivity index (χ4n) is 2.53. The summed E-state index contributed by atoms with van der Waals surface area (Å²) >= 11 is 0. The molecule has 2 N–H and O–H groups in total. The first kappa shape index (κ1) is 18.0. The van der Waals surface area contributed by atoms with Crippen molar-refractivity contribution < 1.29 is 4.74 Å². The molecule has 24 heavy (non-hydrogen) atoms. The van der Waals surface area contributed by atoms with E-state index in [0.29, 0.717) is 13.2 Å². The highest BCUT2D eigenvalue weighted by Gasteiger charge is 2.12. The van der Waals surface area contributed by atoms with Gasteiger partial charge in [-0.1, -0.05) is 18.2 Å². The first-order chi connectivity index (χ1) is 11.7. The van der Waals surface area contributed by atoms with Crippen molar-refractivity contribution in [3.63, 3.8) is 0 Å². The van der Waals surface area contributed by atoms with Crippen LogP contribution in [0.1, 0.15) is 23.9 Å². The number of aromatic nitrogens is 2. The Hall–Kier alpha value is -2.34. The fraction of sp³-hybridized carbons (Fsp3) is 0.444. The molecule has 0 bridgehead atoms. The molecule has 6 nitrogen and oxygen atoms in total. The first-order valence-electron chi connectivity index (χ1n) is 8.30. The maximum atomic E-state index is 5.32. The molecule has 0 fully saturated rings. The molecule has 0 aliphatic rings. The van der Waals surface area contributed by atoms with Crippen LogP contribution < -0.4 is 10.6 Å². The van der Waals surface area contributed by atoms with Crippen molar-refractivity contribution in [2.45, 2.75) is 27.3 Å². The summed E-state index contributed by atoms with van der Waals surface area (Å²) in [6.07, 6.45) is 0. The van der Waals surface area contributed by atoms with Crippen LogP contribution in [0.25, 0.3) is 5.69 Å². The maximum absolute atomic E-state index is 5.32. The summed E-state index contributed by atoms with van der Waals surface area (Å²) in [5.74, 6) is 0.765. The molecular formula is C18H27N5O. The second-order valence-corrected chi connectivity index (χ2v) is 5.45. The van der Waals surface area contributed by atoms with E-state index in [1.54, 1.807) is 7.05 Å². The Labute approximate surface area is 143 Å². The Kier molecular flexibility index (Phi) is 6.81. The Morgan fingerprint density at radius 1 is 1.21 bits per heavy atom. The standard InChI is InChI=1S/C18H27N5O/c1-5-24-12-11-20-18(19-4)21-13-17-14(2)22-23(15(17)3)16-9-7-6-8-10-16/h6-10H,5,11-13H2,1-4H3,(H2,19,20,21). The lowest BCUT2D eigenvalue weighted by atomic mass is 10.2. The van der Waals surface area contributed by atoms with Crippen molar-refractivity contribution in [3.05, 3.63) is 47.3 Å². The highest BCUT2D eigenvalue weighted by atomic mass is 16.5. The molecule has 0 amide bonds. The van der Waals surface area contributed by atoms with E-state index in [2.05, 4.69) is 39.8 Å². The first-order valence-corrected chi connectivity index (χ1v) is 8.30. The minimum Gasteiger partial charge on any atom is -0.380 e. The zero-order valence-electron chi connectivity index (χ0n) is 15.0. The Morgan fingerprint density at radius 3 is 2.62 bits per heavy atom. The third kappa shape index (κ3) is 4.58. The molecular weight excluding hydrogens is 302 g/mol. The lowest BCUT2D eigenvalue weighted by Crippen LogP contribution is -2.38. The summed E-state index contributed by atoms with van der Waals surface area (Å²) in [4.78, 5) is 4.24. The van der Waals surface area contributed by atoms with Crippen molar-refractivity contribution in [1.29, 1.82) is 0 Å². The van der Waals surface area contributed by atoms with Gasteiger partial charge < -0.3 is 15.4 Å². The van der Waals surface area contributed by atoms with E-state index in [0.717, 1.165) is 36.2 Å². The molecule has 0 aliphatic heterocycles. The normalized spacial score (nSPS) is 11.6. The third-order valence-corrected chi connectivity index (χ3v) is 3.84. The van der Waals surface area contributed by atoms with Gasteiger partial charge in [0, 0.05) is 38.0 Å². The van der Waals surface area contributed by atoms with Crippen LogP contribution in [-0.4, -0.2) is 42.5 Å². The van der Waals surface area contributed by atoms with Crippen molar-refractivity contribution in [2.75, 3.05) is 26.8 Å². The van der Waals surface area contributed by atoms with Gasteiger partial charge in [-0.3, -0.25) is 4.99 Å². The number of nitrogens with one attached hydrogen (secondary N) is 2. The van der Waals surface area contributed by atoms with Crippen LogP contribution in [0, 0.1) is 13.8 Å². The van der Waals surface area contributed by atoms with Gasteiger partial charge in [-0.05, 0) is 32.9 Å². The van der Waals surface area contributed by atoms with Gasteiger partial charge in [0.05, 0.1) is 18.0 Å². The van der Waals surface area contributed by atoms with Crippen LogP contribution in [0.4, 0.5) is 0 Å². The van der Waals surface area contributed by atoms with Crippen molar-refractivity contribution in [3.8, 4) is 5.69 Å². The van der Waals surface area contributed by atoms with Gasteiger partial charge >= 0.3 is 0 Å². The predicted molar refractivity (Wildman–Crippen MR) is 97.7 cm³/mol. The molecule has 0 radical (unpaired) electrons. The zero-order valence-corrected chi connectivity index (χ0v) is 15.0. The minimum absolute atomic E-state index is 0.668. The van der Waals surface area contributed by atoms with Crippen LogP contribution in [0.2, 0.25) is 0 Å². The summed E-state index contributed by atoms with van der Waals surface area (Å²) in [6, 6.07) is 10.2. The lowest BCUT2D eigenvalue weighted by Gasteiger charge is -2.12. The molecule has 0 aliphatic carbocycles. The molecule has 0 saturated carbocycles. The van der Waals surface area contributed by atoms with Gasteiger partial charge in [-0.25, -0.2) is 4.68 Å². The Morgan fingerprint density at radius 2 is 1.96 bits per heavy atom. The van der Waals surface area contributed by atoms with Crippen LogP contribution in [0.15, 0.2) is 35.3 Å². The van der Waals surface area contributed by atoms with Gasteiger partial charge in [0.25, 0.3) is 0 Å². The van der Waals surface area contributed by atoms with E-state index in [-0.39, 0.29) is 0 Å². The Balaban J connectivity index is 2.01. The third-order valence-electron chi connectivity index (χ3n) is 3.84. The summed E-state index contributed by atoms with van der Waals surface area (Å²) in [5, 5.41) is 11.2. The monoisotopic (exact) mass is 329 g/mol. The predicted octanol–water partition coefficient (Wildman–Crippen LogP) is 2.19. The number of aryl methyl sites for hydroxylation is 1. The van der Waals surface area contributed by atoms with Crippen LogP contribution in [-0.2, 0) is 11.3 Å². The van der Waals surface area contributed by atoms with E-state index in [9.17, 15) is 0 Å². The fourth-order valence-corrected chi connectivity index (χ4v) is 2.53. The minimum atomic E-state index is 0.668. The number of rotatable bonds is 7. The molecule has 2 rings (SSSR count). The number of hydrogen-bond donors (Lipinski definition) is 2. The highest BCUT2D eigenvalue weighted by Crippen LogP contribution is 2.17. The van der Waals surface area contributed by atoms with E-state index in [1.807, 2.05) is 36.7 Å². The Bertz CT molecular complexity index is 664. The second kappa shape index (κ2) is 9.08. The average Bonchev–Trinajstić information content (AvgIpc) is 2.89. The largest absolute Gasteiger partial charge is 0.380 e. The number of benzene rings is 1. The summed E-state index contributed by atoms with van der Waals surface area (Å²) in [5.41, 5.74) is 4.42. The molecule has 1 aromatic carbocycles. The molecule has 0 spiro atoms. The molecule has 1 heterocycles. The molecule has 130 valence electrons. The molecule has 2 aromatic rings. The number of para-hydroxylation sites is 1. The molecule has 0 atom stereocenters. The lowest BCUT2D eigenvalue weighted by molar-refractivity contribution is 0.152. The molecule has 0 unspecified atom stereocenters. The van der Waals surface area contributed by atoms with Crippen LogP contribution >= 0.6 is 0 Å². The molecule has 0 saturated heterocycles. The summed E-state index contributed by atoms with van der Waals surface area (Å²) in [6.45, 7) is 8.92. The number of hydrogen-bond acceptors (Lipinski definition) is 3. The van der Waals surface area contributed by atoms with Gasteiger partial charge in [0.15, 0.2) is 5.96 Å². The van der Waals surface area contributed by atoms with Crippen LogP contribution in [0.5, 0.6) is 0 Å². The van der Waals surface area contributed by atoms with Crippen molar-refractivity contribution >= 4 is 5.96 Å². The SMILES string of the molecule is CCOCCNC(=NC)NCc1c(C)nn(-c2ccccc2)c1C.